The van der Waals surface area contributed by atoms with Crippen molar-refractivity contribution in [2.24, 2.45) is 0 Å². The molecule has 0 radical (unpaired) electrons. The molecule has 0 heterocycles. The second-order valence-electron chi connectivity index (χ2n) is 5.19. The van der Waals surface area contributed by atoms with E-state index in [1.807, 2.05) is 30.3 Å². The molecule has 0 aliphatic carbocycles. The molecule has 2 rings (SSSR count). The average molecular weight is 411 g/mol. The number of amides is 1. The van der Waals surface area contributed by atoms with Gasteiger partial charge in [0.25, 0.3) is 0 Å². The second kappa shape index (κ2) is 8.96. The highest BCUT2D eigenvalue weighted by atomic mass is 79.9. The fourth-order valence-corrected chi connectivity index (χ4v) is 3.72. The molecule has 24 heavy (non-hydrogen) atoms. The largest absolute Gasteiger partial charge is 0.356 e. The highest BCUT2D eigenvalue weighted by Gasteiger charge is 2.14. The van der Waals surface area contributed by atoms with Gasteiger partial charge in [0.15, 0.2) is 0 Å². The zero-order valence-corrected chi connectivity index (χ0v) is 15.4. The van der Waals surface area contributed by atoms with Crippen LogP contribution in [0.4, 0.5) is 0 Å². The Kier molecular flexibility index (Phi) is 6.96. The molecule has 0 unspecified atom stereocenters. The fraction of sp³-hybridized carbons (Fsp3) is 0.235. The maximum Gasteiger partial charge on any atom is 0.240 e. The number of nitrogens with one attached hydrogen (secondary N) is 2. The molecule has 0 fully saturated rings. The van der Waals surface area contributed by atoms with Gasteiger partial charge >= 0.3 is 0 Å². The maximum absolute atomic E-state index is 12.1. The molecule has 0 aromatic heterocycles. The van der Waals surface area contributed by atoms with Crippen molar-refractivity contribution < 1.29 is 13.2 Å². The highest BCUT2D eigenvalue weighted by molar-refractivity contribution is 9.10. The molecular weight excluding hydrogens is 392 g/mol. The lowest BCUT2D eigenvalue weighted by Crippen LogP contribution is -2.31. The molecule has 0 saturated carbocycles. The third-order valence-electron chi connectivity index (χ3n) is 3.33. The summed E-state index contributed by atoms with van der Waals surface area (Å²) >= 11 is 3.24. The molecule has 2 aromatic rings. The van der Waals surface area contributed by atoms with E-state index in [-0.39, 0.29) is 23.8 Å². The van der Waals surface area contributed by atoms with Crippen molar-refractivity contribution in [1.29, 1.82) is 0 Å². The van der Waals surface area contributed by atoms with Crippen molar-refractivity contribution in [3.05, 3.63) is 64.6 Å². The van der Waals surface area contributed by atoms with Crippen molar-refractivity contribution >= 4 is 31.9 Å². The Morgan fingerprint density at radius 3 is 2.46 bits per heavy atom. The van der Waals surface area contributed by atoms with Crippen LogP contribution in [-0.2, 0) is 21.2 Å². The van der Waals surface area contributed by atoms with Crippen molar-refractivity contribution in [3.8, 4) is 0 Å². The molecule has 0 atom stereocenters. The van der Waals surface area contributed by atoms with E-state index in [1.54, 1.807) is 12.1 Å². The minimum absolute atomic E-state index is 0.0615. The molecule has 0 bridgehead atoms. The van der Waals surface area contributed by atoms with Gasteiger partial charge in [-0.2, -0.15) is 0 Å². The minimum Gasteiger partial charge on any atom is -0.356 e. The number of hydrogen-bond acceptors (Lipinski definition) is 3. The summed E-state index contributed by atoms with van der Waals surface area (Å²) in [5, 5.41) is 2.79. The molecule has 128 valence electrons. The van der Waals surface area contributed by atoms with Crippen LogP contribution in [0.2, 0.25) is 0 Å². The van der Waals surface area contributed by atoms with E-state index in [2.05, 4.69) is 26.0 Å². The average Bonchev–Trinajstić information content (AvgIpc) is 2.56. The third kappa shape index (κ3) is 6.07. The predicted octanol–water partition coefficient (Wildman–Crippen LogP) is 2.48. The first-order valence-electron chi connectivity index (χ1n) is 7.53. The van der Waals surface area contributed by atoms with Crippen LogP contribution in [0.25, 0.3) is 0 Å². The second-order valence-corrected chi connectivity index (χ2v) is 7.87. The lowest BCUT2D eigenvalue weighted by Gasteiger charge is -2.08. The summed E-state index contributed by atoms with van der Waals surface area (Å²) in [6.07, 6.45) is 0.846. The van der Waals surface area contributed by atoms with Crippen LogP contribution >= 0.6 is 15.9 Å². The molecule has 2 aromatic carbocycles. The first-order chi connectivity index (χ1) is 11.5. The number of hydrogen-bond donors (Lipinski definition) is 2. The van der Waals surface area contributed by atoms with E-state index in [9.17, 15) is 13.2 Å². The van der Waals surface area contributed by atoms with Gasteiger partial charge in [0, 0.05) is 24.0 Å². The smallest absolute Gasteiger partial charge is 0.240 e. The number of benzene rings is 2. The van der Waals surface area contributed by atoms with E-state index in [0.717, 1.165) is 12.0 Å². The number of carbonyl (C=O) groups is 1. The van der Waals surface area contributed by atoms with E-state index in [1.165, 1.54) is 12.1 Å². The standard InChI is InChI=1S/C17H19BrN2O3S/c18-15-7-4-8-16(13-15)24(22,23)20-12-10-17(21)19-11-9-14-5-2-1-3-6-14/h1-8,13,20H,9-12H2,(H,19,21). The molecule has 0 saturated heterocycles. The first kappa shape index (κ1) is 18.6. The van der Waals surface area contributed by atoms with Crippen LogP contribution in [0.15, 0.2) is 64.0 Å². The summed E-state index contributed by atoms with van der Waals surface area (Å²) in [4.78, 5) is 11.9. The van der Waals surface area contributed by atoms with Crippen LogP contribution in [0.3, 0.4) is 0 Å². The SMILES string of the molecule is O=C(CCNS(=O)(=O)c1cccc(Br)c1)NCCc1ccccc1. The number of halogens is 1. The van der Waals surface area contributed by atoms with E-state index < -0.39 is 10.0 Å². The summed E-state index contributed by atoms with van der Waals surface area (Å²) in [6, 6.07) is 16.3. The summed E-state index contributed by atoms with van der Waals surface area (Å²) in [6.45, 7) is 0.591. The van der Waals surface area contributed by atoms with Gasteiger partial charge in [-0.25, -0.2) is 13.1 Å². The lowest BCUT2D eigenvalue weighted by molar-refractivity contribution is -0.120. The van der Waals surface area contributed by atoms with Gasteiger partial charge in [-0.05, 0) is 30.2 Å². The number of rotatable bonds is 8. The molecule has 7 heteroatoms. The Morgan fingerprint density at radius 1 is 1.00 bits per heavy atom. The summed E-state index contributed by atoms with van der Waals surface area (Å²) in [5.41, 5.74) is 1.15. The van der Waals surface area contributed by atoms with Crippen LogP contribution in [-0.4, -0.2) is 27.4 Å². The van der Waals surface area contributed by atoms with Crippen LogP contribution in [0.1, 0.15) is 12.0 Å². The summed E-state index contributed by atoms with van der Waals surface area (Å²) in [7, 11) is -3.60. The molecular formula is C17H19BrN2O3S. The molecule has 1 amide bonds. The van der Waals surface area contributed by atoms with Crippen molar-refractivity contribution in [1.82, 2.24) is 10.0 Å². The molecule has 0 aliphatic heterocycles. The Hall–Kier alpha value is -1.70. The van der Waals surface area contributed by atoms with Gasteiger partial charge in [-0.3, -0.25) is 4.79 Å². The van der Waals surface area contributed by atoms with Crippen molar-refractivity contribution in [3.63, 3.8) is 0 Å². The number of sulfonamides is 1. The molecule has 0 spiro atoms. The van der Waals surface area contributed by atoms with Gasteiger partial charge in [0.1, 0.15) is 0 Å². The third-order valence-corrected chi connectivity index (χ3v) is 5.28. The maximum atomic E-state index is 12.1. The first-order valence-corrected chi connectivity index (χ1v) is 9.81. The zero-order chi connectivity index (χ0) is 17.4. The monoisotopic (exact) mass is 410 g/mol. The van der Waals surface area contributed by atoms with Crippen LogP contribution in [0.5, 0.6) is 0 Å². The summed E-state index contributed by atoms with van der Waals surface area (Å²) < 4.78 is 27.3. The van der Waals surface area contributed by atoms with Gasteiger partial charge in [-0.1, -0.05) is 52.3 Å². The van der Waals surface area contributed by atoms with Crippen LogP contribution < -0.4 is 10.0 Å². The van der Waals surface area contributed by atoms with Crippen molar-refractivity contribution in [2.45, 2.75) is 17.7 Å². The van der Waals surface area contributed by atoms with Gasteiger partial charge in [0.05, 0.1) is 4.90 Å². The van der Waals surface area contributed by atoms with Crippen LogP contribution in [0, 0.1) is 0 Å². The zero-order valence-electron chi connectivity index (χ0n) is 13.0. The summed E-state index contributed by atoms with van der Waals surface area (Å²) in [5.74, 6) is -0.178. The highest BCUT2D eigenvalue weighted by Crippen LogP contribution is 2.15. The Labute approximate surface area is 150 Å². The molecule has 2 N–H and O–H groups in total. The van der Waals surface area contributed by atoms with Crippen molar-refractivity contribution in [2.75, 3.05) is 13.1 Å². The van der Waals surface area contributed by atoms with Gasteiger partial charge < -0.3 is 5.32 Å². The molecule has 0 aliphatic rings. The van der Waals surface area contributed by atoms with Gasteiger partial charge in [-0.15, -0.1) is 0 Å². The predicted molar refractivity (Wildman–Crippen MR) is 97.1 cm³/mol. The van der Waals surface area contributed by atoms with E-state index in [4.69, 9.17) is 0 Å². The minimum atomic E-state index is -3.60. The normalized spacial score (nSPS) is 11.2. The quantitative estimate of drug-likeness (QED) is 0.701. The molecule has 5 nitrogen and oxygen atoms in total. The van der Waals surface area contributed by atoms with Gasteiger partial charge in [0.2, 0.25) is 15.9 Å². The fourth-order valence-electron chi connectivity index (χ4n) is 2.10. The Morgan fingerprint density at radius 2 is 1.75 bits per heavy atom. The van der Waals surface area contributed by atoms with E-state index >= 15 is 0 Å². The number of carbonyl (C=O) groups excluding carboxylic acids is 1. The Balaban J connectivity index is 1.72. The Bertz CT molecular complexity index is 779. The lowest BCUT2D eigenvalue weighted by atomic mass is 10.1. The topological polar surface area (TPSA) is 75.3 Å². The van der Waals surface area contributed by atoms with E-state index in [0.29, 0.717) is 11.0 Å².